The summed E-state index contributed by atoms with van der Waals surface area (Å²) in [6.07, 6.45) is 0.737. The summed E-state index contributed by atoms with van der Waals surface area (Å²) in [5, 5.41) is 18.8. The van der Waals surface area contributed by atoms with Crippen molar-refractivity contribution in [3.05, 3.63) is 53.9 Å². The van der Waals surface area contributed by atoms with E-state index in [9.17, 15) is 0 Å². The van der Waals surface area contributed by atoms with E-state index >= 15 is 0 Å². The van der Waals surface area contributed by atoms with Crippen LogP contribution in [0, 0.1) is 0 Å². The van der Waals surface area contributed by atoms with Crippen molar-refractivity contribution in [2.24, 2.45) is 0 Å². The third-order valence-electron chi connectivity index (χ3n) is 4.89. The predicted octanol–water partition coefficient (Wildman–Crippen LogP) is 4.03. The van der Waals surface area contributed by atoms with Gasteiger partial charge in [0, 0.05) is 17.2 Å². The summed E-state index contributed by atoms with van der Waals surface area (Å²) in [4.78, 5) is 0. The van der Waals surface area contributed by atoms with Crippen LogP contribution in [0.3, 0.4) is 0 Å². The first-order valence-electron chi connectivity index (χ1n) is 9.27. The number of hydrogen-bond donors (Lipinski definition) is 1. The third-order valence-corrected chi connectivity index (χ3v) is 4.89. The number of fused-ring (bicyclic) bond motifs is 3. The fourth-order valence-electron chi connectivity index (χ4n) is 3.36. The fourth-order valence-corrected chi connectivity index (χ4v) is 3.36. The van der Waals surface area contributed by atoms with E-state index in [0.29, 0.717) is 17.1 Å². The smallest absolute Gasteiger partial charge is 0.185 e. The highest BCUT2D eigenvalue weighted by Crippen LogP contribution is 2.37. The minimum atomic E-state index is 0.0732. The van der Waals surface area contributed by atoms with E-state index in [0.717, 1.165) is 28.8 Å². The molecule has 1 unspecified atom stereocenters. The second kappa shape index (κ2) is 7.34. The molecular weight excluding hydrogens is 354 g/mol. The first-order chi connectivity index (χ1) is 13.7. The standard InChI is InChI=1S/C21H23N5O2/c1-5-19-23-24-21-16-12-18(28-4)17(27-3)11-15(16)20(25-26(19)21)22-13(2)14-9-7-6-8-10-14/h6-13H,5H2,1-4H3,(H,22,25). The Kier molecular flexibility index (Phi) is 4.73. The lowest BCUT2D eigenvalue weighted by molar-refractivity contribution is 0.356. The molecule has 0 fully saturated rings. The average Bonchev–Trinajstić information content (AvgIpc) is 3.16. The van der Waals surface area contributed by atoms with Crippen LogP contribution in [0.25, 0.3) is 16.4 Å². The summed E-state index contributed by atoms with van der Waals surface area (Å²) < 4.78 is 12.8. The zero-order valence-corrected chi connectivity index (χ0v) is 16.4. The molecule has 2 heterocycles. The molecule has 0 radical (unpaired) electrons. The maximum Gasteiger partial charge on any atom is 0.185 e. The number of ether oxygens (including phenoxy) is 2. The second-order valence-electron chi connectivity index (χ2n) is 6.58. The van der Waals surface area contributed by atoms with E-state index in [4.69, 9.17) is 14.6 Å². The van der Waals surface area contributed by atoms with Crippen LogP contribution in [0.1, 0.15) is 31.3 Å². The van der Waals surface area contributed by atoms with Gasteiger partial charge in [-0.2, -0.15) is 4.52 Å². The quantitative estimate of drug-likeness (QED) is 0.547. The van der Waals surface area contributed by atoms with Gasteiger partial charge in [-0.05, 0) is 24.6 Å². The zero-order chi connectivity index (χ0) is 19.7. The van der Waals surface area contributed by atoms with Crippen LogP contribution < -0.4 is 14.8 Å². The maximum atomic E-state index is 5.50. The molecule has 0 spiro atoms. The molecule has 0 aliphatic rings. The van der Waals surface area contributed by atoms with Gasteiger partial charge in [0.2, 0.25) is 0 Å². The van der Waals surface area contributed by atoms with Gasteiger partial charge >= 0.3 is 0 Å². The highest BCUT2D eigenvalue weighted by atomic mass is 16.5. The van der Waals surface area contributed by atoms with Crippen LogP contribution in [0.5, 0.6) is 11.5 Å². The normalized spacial score (nSPS) is 12.3. The number of methoxy groups -OCH3 is 2. The van der Waals surface area contributed by atoms with Gasteiger partial charge in [-0.1, -0.05) is 37.3 Å². The van der Waals surface area contributed by atoms with Gasteiger partial charge in [0.05, 0.1) is 20.3 Å². The SMILES string of the molecule is CCc1nnc2c3cc(OC)c(OC)cc3c(NC(C)c3ccccc3)nn12. The van der Waals surface area contributed by atoms with Crippen LogP contribution in [0.4, 0.5) is 5.82 Å². The Bertz CT molecular complexity index is 1120. The minimum absolute atomic E-state index is 0.0732. The molecule has 0 bridgehead atoms. The number of nitrogens with zero attached hydrogens (tertiary/aromatic N) is 4. The number of nitrogens with one attached hydrogen (secondary N) is 1. The molecule has 0 amide bonds. The Labute approximate surface area is 163 Å². The summed E-state index contributed by atoms with van der Waals surface area (Å²) >= 11 is 0. The minimum Gasteiger partial charge on any atom is -0.493 e. The van der Waals surface area contributed by atoms with Crippen molar-refractivity contribution in [3.8, 4) is 11.5 Å². The molecule has 1 N–H and O–H groups in total. The Hall–Kier alpha value is -3.35. The number of anilines is 1. The molecule has 7 heteroatoms. The highest BCUT2D eigenvalue weighted by molar-refractivity contribution is 6.02. The number of rotatable bonds is 6. The van der Waals surface area contributed by atoms with Crippen molar-refractivity contribution in [2.75, 3.05) is 19.5 Å². The largest absolute Gasteiger partial charge is 0.493 e. The molecule has 4 aromatic rings. The number of aryl methyl sites for hydroxylation is 1. The van der Waals surface area contributed by atoms with E-state index in [1.807, 2.05) is 37.3 Å². The van der Waals surface area contributed by atoms with Gasteiger partial charge in [0.1, 0.15) is 0 Å². The molecule has 0 saturated carbocycles. The molecular formula is C21H23N5O2. The van der Waals surface area contributed by atoms with E-state index in [1.54, 1.807) is 18.7 Å². The molecule has 1 atom stereocenters. The molecule has 0 aliphatic carbocycles. The van der Waals surface area contributed by atoms with Gasteiger partial charge in [-0.15, -0.1) is 15.3 Å². The molecule has 0 saturated heterocycles. The first-order valence-corrected chi connectivity index (χ1v) is 9.27. The first kappa shape index (κ1) is 18.0. The Balaban J connectivity index is 1.94. The van der Waals surface area contributed by atoms with Crippen molar-refractivity contribution in [1.82, 2.24) is 19.8 Å². The monoisotopic (exact) mass is 377 g/mol. The molecule has 2 aromatic carbocycles. The van der Waals surface area contributed by atoms with E-state index in [2.05, 4.69) is 34.6 Å². The zero-order valence-electron chi connectivity index (χ0n) is 16.4. The third kappa shape index (κ3) is 2.98. The van der Waals surface area contributed by atoms with Crippen LogP contribution in [-0.2, 0) is 6.42 Å². The molecule has 4 rings (SSSR count). The Morgan fingerprint density at radius 2 is 1.68 bits per heavy atom. The highest BCUT2D eigenvalue weighted by Gasteiger charge is 2.18. The van der Waals surface area contributed by atoms with Crippen molar-refractivity contribution in [1.29, 1.82) is 0 Å². The van der Waals surface area contributed by atoms with E-state index < -0.39 is 0 Å². The average molecular weight is 377 g/mol. The predicted molar refractivity (Wildman–Crippen MR) is 109 cm³/mol. The maximum absolute atomic E-state index is 5.50. The van der Waals surface area contributed by atoms with Crippen LogP contribution in [-0.4, -0.2) is 34.0 Å². The topological polar surface area (TPSA) is 73.6 Å². The van der Waals surface area contributed by atoms with Crippen LogP contribution in [0.2, 0.25) is 0 Å². The van der Waals surface area contributed by atoms with Crippen molar-refractivity contribution < 1.29 is 9.47 Å². The lowest BCUT2D eigenvalue weighted by Gasteiger charge is -2.18. The lowest BCUT2D eigenvalue weighted by atomic mass is 10.1. The Morgan fingerprint density at radius 1 is 1.00 bits per heavy atom. The number of hydrogen-bond acceptors (Lipinski definition) is 6. The Morgan fingerprint density at radius 3 is 2.32 bits per heavy atom. The van der Waals surface area contributed by atoms with Gasteiger partial charge in [-0.3, -0.25) is 0 Å². The van der Waals surface area contributed by atoms with Crippen LogP contribution in [0.15, 0.2) is 42.5 Å². The van der Waals surface area contributed by atoms with Crippen molar-refractivity contribution in [2.45, 2.75) is 26.3 Å². The van der Waals surface area contributed by atoms with Crippen molar-refractivity contribution in [3.63, 3.8) is 0 Å². The fraction of sp³-hybridized carbons (Fsp3) is 0.286. The second-order valence-corrected chi connectivity index (χ2v) is 6.58. The molecule has 2 aromatic heterocycles. The van der Waals surface area contributed by atoms with Gasteiger partial charge in [0.15, 0.2) is 28.8 Å². The van der Waals surface area contributed by atoms with Gasteiger partial charge in [-0.25, -0.2) is 0 Å². The van der Waals surface area contributed by atoms with Gasteiger partial charge < -0.3 is 14.8 Å². The molecule has 144 valence electrons. The molecule has 28 heavy (non-hydrogen) atoms. The summed E-state index contributed by atoms with van der Waals surface area (Å²) in [6, 6.07) is 14.2. The summed E-state index contributed by atoms with van der Waals surface area (Å²) in [6.45, 7) is 4.15. The summed E-state index contributed by atoms with van der Waals surface area (Å²) in [5.74, 6) is 2.84. The van der Waals surface area contributed by atoms with Crippen LogP contribution >= 0.6 is 0 Å². The lowest BCUT2D eigenvalue weighted by Crippen LogP contribution is -2.11. The summed E-state index contributed by atoms with van der Waals surface area (Å²) in [7, 11) is 3.25. The van der Waals surface area contributed by atoms with Crippen molar-refractivity contribution >= 4 is 22.2 Å². The summed E-state index contributed by atoms with van der Waals surface area (Å²) in [5.41, 5.74) is 1.88. The number of benzene rings is 2. The number of aromatic nitrogens is 4. The van der Waals surface area contributed by atoms with E-state index in [1.165, 1.54) is 5.56 Å². The van der Waals surface area contributed by atoms with Gasteiger partial charge in [0.25, 0.3) is 0 Å². The van der Waals surface area contributed by atoms with E-state index in [-0.39, 0.29) is 6.04 Å². The molecule has 0 aliphatic heterocycles. The molecule has 7 nitrogen and oxygen atoms in total.